The Balaban J connectivity index is 1.91. The van der Waals surface area contributed by atoms with Gasteiger partial charge in [0.25, 0.3) is 0 Å². The van der Waals surface area contributed by atoms with Crippen LogP contribution in [-0.4, -0.2) is 60.4 Å². The van der Waals surface area contributed by atoms with Gasteiger partial charge in [-0.15, -0.1) is 0 Å². The molecule has 0 spiro atoms. The molecule has 9 heteroatoms. The summed E-state index contributed by atoms with van der Waals surface area (Å²) in [7, 11) is 0.660. The van der Waals surface area contributed by atoms with Crippen LogP contribution in [0.15, 0.2) is 4.99 Å². The van der Waals surface area contributed by atoms with Crippen LogP contribution in [0, 0.1) is 0 Å². The Bertz CT molecular complexity index is 764. The molecule has 1 aliphatic rings. The lowest BCUT2D eigenvalue weighted by atomic mass is 10.1. The zero-order valence-electron chi connectivity index (χ0n) is 18.0. The molecule has 1 saturated heterocycles. The number of hydrogen-bond acceptors (Lipinski definition) is 4. The summed E-state index contributed by atoms with van der Waals surface area (Å²) >= 11 is 0. The highest BCUT2D eigenvalue weighted by molar-refractivity contribution is 7.89. The minimum atomic E-state index is -3.10. The number of rotatable bonds is 8. The molecule has 2 N–H and O–H groups in total. The summed E-state index contributed by atoms with van der Waals surface area (Å²) in [6.45, 7) is 7.99. The van der Waals surface area contributed by atoms with Crippen LogP contribution in [0.3, 0.4) is 0 Å². The highest BCUT2D eigenvalue weighted by Gasteiger charge is 2.27. The van der Waals surface area contributed by atoms with Gasteiger partial charge in [0.15, 0.2) is 5.96 Å². The van der Waals surface area contributed by atoms with Gasteiger partial charge >= 0.3 is 0 Å². The van der Waals surface area contributed by atoms with E-state index in [1.165, 1.54) is 11.3 Å². The number of guanidine groups is 1. The van der Waals surface area contributed by atoms with Gasteiger partial charge in [-0.3, -0.25) is 9.67 Å². The summed E-state index contributed by atoms with van der Waals surface area (Å²) in [6.07, 6.45) is 4.08. The predicted molar refractivity (Wildman–Crippen MR) is 114 cm³/mol. The fraction of sp³-hybridized carbons (Fsp3) is 0.789. The molecule has 2 heterocycles. The van der Waals surface area contributed by atoms with E-state index in [9.17, 15) is 8.42 Å². The molecule has 0 saturated carbocycles. The van der Waals surface area contributed by atoms with Gasteiger partial charge in [-0.05, 0) is 32.1 Å². The van der Waals surface area contributed by atoms with Crippen LogP contribution in [0.4, 0.5) is 0 Å². The largest absolute Gasteiger partial charge is 0.354 e. The molecule has 1 aliphatic heterocycles. The van der Waals surface area contributed by atoms with E-state index in [0.717, 1.165) is 37.3 Å². The SMILES string of the molecule is CCCS(=O)(=O)N1CCC(NC(=NC)NCc2c(CC)nn(C)c2CC)CC1. The molecule has 1 aromatic heterocycles. The van der Waals surface area contributed by atoms with Gasteiger partial charge in [0.1, 0.15) is 0 Å². The molecule has 160 valence electrons. The normalized spacial score (nSPS) is 17.1. The number of sulfonamides is 1. The van der Waals surface area contributed by atoms with E-state index in [-0.39, 0.29) is 11.8 Å². The number of hydrogen-bond donors (Lipinski definition) is 2. The molecule has 0 unspecified atom stereocenters. The molecular weight excluding hydrogens is 376 g/mol. The molecule has 0 radical (unpaired) electrons. The first kappa shape index (κ1) is 22.7. The number of nitrogens with zero attached hydrogens (tertiary/aromatic N) is 4. The molecular formula is C19H36N6O2S. The van der Waals surface area contributed by atoms with Crippen LogP contribution in [0.5, 0.6) is 0 Å². The van der Waals surface area contributed by atoms with Crippen molar-refractivity contribution in [3.05, 3.63) is 17.0 Å². The second-order valence-electron chi connectivity index (χ2n) is 7.26. The monoisotopic (exact) mass is 412 g/mol. The van der Waals surface area contributed by atoms with Crippen LogP contribution in [-0.2, 0) is 36.5 Å². The van der Waals surface area contributed by atoms with Crippen molar-refractivity contribution in [3.63, 3.8) is 0 Å². The van der Waals surface area contributed by atoms with Gasteiger partial charge < -0.3 is 10.6 Å². The average molecular weight is 413 g/mol. The number of aryl methyl sites for hydroxylation is 2. The zero-order chi connectivity index (χ0) is 20.7. The average Bonchev–Trinajstić information content (AvgIpc) is 2.99. The quantitative estimate of drug-likeness (QED) is 0.498. The van der Waals surface area contributed by atoms with Crippen LogP contribution in [0.2, 0.25) is 0 Å². The van der Waals surface area contributed by atoms with E-state index in [1.807, 2.05) is 18.7 Å². The maximum Gasteiger partial charge on any atom is 0.214 e. The van der Waals surface area contributed by atoms with E-state index < -0.39 is 10.0 Å². The van der Waals surface area contributed by atoms with Crippen molar-refractivity contribution in [1.29, 1.82) is 0 Å². The summed E-state index contributed by atoms with van der Waals surface area (Å²) in [4.78, 5) is 4.35. The minimum absolute atomic E-state index is 0.226. The van der Waals surface area contributed by atoms with E-state index in [0.29, 0.717) is 26.1 Å². The van der Waals surface area contributed by atoms with Crippen LogP contribution >= 0.6 is 0 Å². The van der Waals surface area contributed by atoms with Gasteiger partial charge in [0, 0.05) is 51.0 Å². The van der Waals surface area contributed by atoms with E-state index in [1.54, 1.807) is 11.4 Å². The summed E-state index contributed by atoms with van der Waals surface area (Å²) in [5, 5.41) is 11.5. The fourth-order valence-corrected chi connectivity index (χ4v) is 5.36. The third-order valence-corrected chi connectivity index (χ3v) is 7.41. The zero-order valence-corrected chi connectivity index (χ0v) is 18.8. The van der Waals surface area contributed by atoms with Gasteiger partial charge in [-0.1, -0.05) is 20.8 Å². The summed E-state index contributed by atoms with van der Waals surface area (Å²) in [5.41, 5.74) is 3.61. The third kappa shape index (κ3) is 5.47. The first-order valence-corrected chi connectivity index (χ1v) is 12.0. The Labute approximate surface area is 169 Å². The number of nitrogens with one attached hydrogen (secondary N) is 2. The lowest BCUT2D eigenvalue weighted by Gasteiger charge is -2.32. The number of aromatic nitrogens is 2. The van der Waals surface area contributed by atoms with Gasteiger partial charge in [-0.2, -0.15) is 5.10 Å². The molecule has 0 aromatic carbocycles. The minimum Gasteiger partial charge on any atom is -0.354 e. The fourth-order valence-electron chi connectivity index (χ4n) is 3.82. The highest BCUT2D eigenvalue weighted by atomic mass is 32.2. The van der Waals surface area contributed by atoms with Crippen molar-refractivity contribution >= 4 is 16.0 Å². The topological polar surface area (TPSA) is 91.6 Å². The van der Waals surface area contributed by atoms with Gasteiger partial charge in [0.2, 0.25) is 10.0 Å². The third-order valence-electron chi connectivity index (χ3n) is 5.33. The van der Waals surface area contributed by atoms with E-state index in [2.05, 4.69) is 34.6 Å². The maximum atomic E-state index is 12.2. The molecule has 8 nitrogen and oxygen atoms in total. The molecule has 0 aliphatic carbocycles. The second kappa shape index (κ2) is 10.2. The van der Waals surface area contributed by atoms with Crippen molar-refractivity contribution in [2.45, 2.75) is 65.5 Å². The Morgan fingerprint density at radius 2 is 1.89 bits per heavy atom. The second-order valence-corrected chi connectivity index (χ2v) is 9.35. The molecule has 1 aromatic rings. The van der Waals surface area contributed by atoms with Gasteiger partial charge in [-0.25, -0.2) is 12.7 Å². The Morgan fingerprint density at radius 1 is 1.21 bits per heavy atom. The Hall–Kier alpha value is -1.61. The molecule has 2 rings (SSSR count). The van der Waals surface area contributed by atoms with Crippen LogP contribution in [0.25, 0.3) is 0 Å². The standard InChI is InChI=1S/C19H36N6O2S/c1-6-13-28(26,27)25-11-9-15(10-12-25)22-19(20-4)21-14-16-17(7-2)23-24(5)18(16)8-3/h15H,6-14H2,1-5H3,(H2,20,21,22). The molecule has 28 heavy (non-hydrogen) atoms. The molecule has 0 bridgehead atoms. The van der Waals surface area contributed by atoms with Crippen molar-refractivity contribution in [3.8, 4) is 0 Å². The van der Waals surface area contributed by atoms with Crippen molar-refractivity contribution in [1.82, 2.24) is 24.7 Å². The van der Waals surface area contributed by atoms with Crippen molar-refractivity contribution in [2.24, 2.45) is 12.0 Å². The summed E-state index contributed by atoms with van der Waals surface area (Å²) in [6, 6.07) is 0.226. The van der Waals surface area contributed by atoms with Crippen molar-refractivity contribution < 1.29 is 8.42 Å². The smallest absolute Gasteiger partial charge is 0.214 e. The van der Waals surface area contributed by atoms with Crippen molar-refractivity contribution in [2.75, 3.05) is 25.9 Å². The number of piperidine rings is 1. The maximum absolute atomic E-state index is 12.2. The predicted octanol–water partition coefficient (Wildman–Crippen LogP) is 1.41. The summed E-state index contributed by atoms with van der Waals surface area (Å²) < 4.78 is 28.0. The first-order valence-electron chi connectivity index (χ1n) is 10.3. The van der Waals surface area contributed by atoms with E-state index >= 15 is 0 Å². The molecule has 1 fully saturated rings. The molecule has 0 amide bonds. The number of aliphatic imine (C=N–C) groups is 1. The summed E-state index contributed by atoms with van der Waals surface area (Å²) in [5.74, 6) is 0.988. The first-order chi connectivity index (χ1) is 13.4. The Kier molecular flexibility index (Phi) is 8.30. The lowest BCUT2D eigenvalue weighted by Crippen LogP contribution is -2.49. The van der Waals surface area contributed by atoms with E-state index in [4.69, 9.17) is 0 Å². The molecule has 0 atom stereocenters. The highest BCUT2D eigenvalue weighted by Crippen LogP contribution is 2.16. The van der Waals surface area contributed by atoms with Gasteiger partial charge in [0.05, 0.1) is 11.4 Å². The van der Waals surface area contributed by atoms with Crippen LogP contribution in [0.1, 0.15) is 57.0 Å². The Morgan fingerprint density at radius 3 is 2.43 bits per heavy atom. The van der Waals surface area contributed by atoms with Crippen LogP contribution < -0.4 is 10.6 Å². The lowest BCUT2D eigenvalue weighted by molar-refractivity contribution is 0.306.